The van der Waals surface area contributed by atoms with Crippen molar-refractivity contribution >= 4 is 92.1 Å². The van der Waals surface area contributed by atoms with Crippen LogP contribution in [-0.4, -0.2) is 158 Å². The highest BCUT2D eigenvalue weighted by molar-refractivity contribution is 5.99. The average Bonchev–Trinajstić information content (AvgIpc) is 3.41. The summed E-state index contributed by atoms with van der Waals surface area (Å²) in [5.41, 5.74) is 1.55. The van der Waals surface area contributed by atoms with Gasteiger partial charge in [-0.25, -0.2) is 14.8 Å². The molecule has 0 atom stereocenters. The Hall–Kier alpha value is -9.16. The molecular weight excluding hydrogens is 989 g/mol. The average molecular weight is 1060 g/mol. The van der Waals surface area contributed by atoms with Crippen molar-refractivity contribution in [3.05, 3.63) is 97.4 Å². The van der Waals surface area contributed by atoms with Crippen molar-refractivity contribution in [1.29, 1.82) is 0 Å². The number of hydrogen-bond donors (Lipinski definition) is 8. The van der Waals surface area contributed by atoms with Crippen LogP contribution in [0.3, 0.4) is 0 Å². The van der Waals surface area contributed by atoms with E-state index < -0.39 is 11.7 Å². The molecule has 0 radical (unpaired) electrons. The number of nitrogens with zero attached hydrogens (tertiary/aromatic N) is 10. The van der Waals surface area contributed by atoms with Crippen LogP contribution in [0.5, 0.6) is 0 Å². The molecular formula is C52H68N18O7. The van der Waals surface area contributed by atoms with Crippen molar-refractivity contribution in [2.24, 2.45) is 0 Å². The van der Waals surface area contributed by atoms with Crippen LogP contribution >= 0.6 is 0 Å². The second-order valence-corrected chi connectivity index (χ2v) is 18.3. The molecule has 0 fully saturated rings. The number of anilines is 6. The summed E-state index contributed by atoms with van der Waals surface area (Å²) in [6.45, 7) is 15.1. The van der Waals surface area contributed by atoms with E-state index in [1.165, 1.54) is 36.3 Å². The Morgan fingerprint density at radius 2 is 0.987 bits per heavy atom. The van der Waals surface area contributed by atoms with Crippen molar-refractivity contribution in [2.75, 3.05) is 87.7 Å². The number of carbonyl (C=O) groups excluding carboxylic acids is 6. The van der Waals surface area contributed by atoms with E-state index in [1.54, 1.807) is 45.6 Å². The van der Waals surface area contributed by atoms with Gasteiger partial charge >= 0.3 is 6.09 Å². The molecule has 6 rings (SSSR count). The normalized spacial score (nSPS) is 10.7. The Kier molecular flexibility index (Phi) is 22.6. The maximum absolute atomic E-state index is 12.9. The first kappa shape index (κ1) is 58.7. The SMILES string of the molecule is C=CC(=O)N(C)CC(=O)NCCCNC(=O)c1cnc(Nc2ccc3cnncc3c2)nc1NCCC.CCCNc1nc(Nc2ccc3cnncc3c2)ncc1C(=O)NCCCNC(=O)CN(C)C(=O)OC(C)(C)C. The van der Waals surface area contributed by atoms with Gasteiger partial charge in [-0.1, -0.05) is 32.6 Å². The third kappa shape index (κ3) is 19.6. The number of ether oxygens (including phenoxy) is 1. The van der Waals surface area contributed by atoms with Crippen LogP contribution in [0.2, 0.25) is 0 Å². The molecule has 4 heterocycles. The molecule has 0 unspecified atom stereocenters. The van der Waals surface area contributed by atoms with Crippen molar-refractivity contribution in [3.8, 4) is 0 Å². The quantitative estimate of drug-likeness (QED) is 0.0278. The third-order valence-electron chi connectivity index (χ3n) is 10.7. The van der Waals surface area contributed by atoms with Crippen LogP contribution in [-0.2, 0) is 19.1 Å². The van der Waals surface area contributed by atoms with Crippen LogP contribution in [0, 0.1) is 0 Å². The maximum atomic E-state index is 12.9. The maximum Gasteiger partial charge on any atom is 0.410 e. The van der Waals surface area contributed by atoms with Crippen LogP contribution in [0.1, 0.15) is 81.0 Å². The largest absolute Gasteiger partial charge is 0.444 e. The second-order valence-electron chi connectivity index (χ2n) is 18.3. The fraction of sp³-hybridized carbons (Fsp3) is 0.385. The van der Waals surface area contributed by atoms with Gasteiger partial charge in [0.2, 0.25) is 29.6 Å². The molecule has 2 aromatic carbocycles. The number of fused-ring (bicyclic) bond motifs is 2. The second kappa shape index (κ2) is 29.7. The van der Waals surface area contributed by atoms with E-state index in [9.17, 15) is 28.8 Å². The lowest BCUT2D eigenvalue weighted by Gasteiger charge is -2.24. The van der Waals surface area contributed by atoms with Gasteiger partial charge in [-0.15, -0.1) is 0 Å². The Bertz CT molecular complexity index is 2990. The lowest BCUT2D eigenvalue weighted by molar-refractivity contribution is -0.131. The molecule has 6 aromatic rings. The first-order chi connectivity index (χ1) is 37.0. The first-order valence-corrected chi connectivity index (χ1v) is 25.0. The topological polar surface area (TPSA) is 317 Å². The molecule has 25 heteroatoms. The highest BCUT2D eigenvalue weighted by Crippen LogP contribution is 2.23. The summed E-state index contributed by atoms with van der Waals surface area (Å²) >= 11 is 0. The molecule has 4 aromatic heterocycles. The van der Waals surface area contributed by atoms with Gasteiger partial charge < -0.3 is 57.1 Å². The molecule has 77 heavy (non-hydrogen) atoms. The molecule has 0 saturated carbocycles. The Labute approximate surface area is 446 Å². The summed E-state index contributed by atoms with van der Waals surface area (Å²) in [6, 6.07) is 11.5. The Balaban J connectivity index is 0.000000285. The first-order valence-electron chi connectivity index (χ1n) is 25.0. The predicted molar refractivity (Wildman–Crippen MR) is 294 cm³/mol. The third-order valence-corrected chi connectivity index (χ3v) is 10.7. The molecule has 25 nitrogen and oxygen atoms in total. The molecule has 0 spiro atoms. The fourth-order valence-corrected chi connectivity index (χ4v) is 6.78. The van der Waals surface area contributed by atoms with Crippen LogP contribution in [0.25, 0.3) is 21.5 Å². The van der Waals surface area contributed by atoms with Crippen molar-refractivity contribution in [1.82, 2.24) is 71.4 Å². The van der Waals surface area contributed by atoms with Crippen LogP contribution in [0.4, 0.5) is 39.7 Å². The van der Waals surface area contributed by atoms with E-state index in [2.05, 4.69) is 89.4 Å². The summed E-state index contributed by atoms with van der Waals surface area (Å²) in [4.78, 5) is 93.3. The molecule has 0 aliphatic rings. The molecule has 6 amide bonds. The zero-order valence-corrected chi connectivity index (χ0v) is 44.5. The summed E-state index contributed by atoms with van der Waals surface area (Å²) in [6.07, 6.45) is 13.0. The van der Waals surface area contributed by atoms with Gasteiger partial charge in [0.05, 0.1) is 31.3 Å². The predicted octanol–water partition coefficient (Wildman–Crippen LogP) is 4.95. The van der Waals surface area contributed by atoms with E-state index in [-0.39, 0.29) is 42.6 Å². The smallest absolute Gasteiger partial charge is 0.410 e. The number of hydrogen-bond acceptors (Lipinski definition) is 19. The molecule has 0 bridgehead atoms. The van der Waals surface area contributed by atoms with Gasteiger partial charge in [0.15, 0.2) is 0 Å². The number of benzene rings is 2. The van der Waals surface area contributed by atoms with E-state index in [0.717, 1.165) is 51.8 Å². The lowest BCUT2D eigenvalue weighted by atomic mass is 10.2. The highest BCUT2D eigenvalue weighted by Gasteiger charge is 2.22. The number of carbonyl (C=O) groups is 6. The minimum Gasteiger partial charge on any atom is -0.444 e. The standard InChI is InChI=1S/C27H37N9O4.C25H31N9O3/c1-6-10-29-23-21(16-31-25(35-23)34-20-9-8-18-14-32-33-15-19(18)13-20)24(38)30-12-7-11-28-22(37)17-36(5)26(39)40-27(2,3)4;1-4-9-27-23-20(24(37)28-11-6-10-26-21(35)16-34(3)22(36)5-2)15-29-25(33-23)32-19-8-7-17-13-30-31-14-18(17)12-19/h8-9,13-16H,6-7,10-12,17H2,1-5H3,(H,28,37)(H,30,38)(H2,29,31,34,35);5,7-8,12-15H,2,4,6,9-11,16H2,1,3H3,(H,26,35)(H,28,37)(H2,27,29,32,33). The fourth-order valence-electron chi connectivity index (χ4n) is 6.78. The number of likely N-dealkylation sites (N-methyl/N-ethyl adjacent to an activating group) is 2. The van der Waals surface area contributed by atoms with Crippen LogP contribution < -0.4 is 42.5 Å². The number of nitrogens with one attached hydrogen (secondary N) is 8. The highest BCUT2D eigenvalue weighted by atomic mass is 16.6. The van der Waals surface area contributed by atoms with E-state index in [4.69, 9.17) is 4.74 Å². The summed E-state index contributed by atoms with van der Waals surface area (Å²) in [5.74, 6) is -0.0520. The Morgan fingerprint density at radius 3 is 1.40 bits per heavy atom. The summed E-state index contributed by atoms with van der Waals surface area (Å²) < 4.78 is 5.23. The molecule has 0 saturated heterocycles. The molecule has 408 valence electrons. The van der Waals surface area contributed by atoms with E-state index in [0.29, 0.717) is 86.8 Å². The van der Waals surface area contributed by atoms with Crippen molar-refractivity contribution in [3.63, 3.8) is 0 Å². The zero-order chi connectivity index (χ0) is 55.7. The molecule has 0 aliphatic heterocycles. The summed E-state index contributed by atoms with van der Waals surface area (Å²) in [7, 11) is 3.02. The van der Waals surface area contributed by atoms with Gasteiger partial charge in [0.1, 0.15) is 34.9 Å². The van der Waals surface area contributed by atoms with Crippen molar-refractivity contribution in [2.45, 2.75) is 65.9 Å². The van der Waals surface area contributed by atoms with Gasteiger partial charge in [0.25, 0.3) is 11.8 Å². The van der Waals surface area contributed by atoms with Gasteiger partial charge in [-0.2, -0.15) is 30.4 Å². The minimum atomic E-state index is -0.638. The zero-order valence-electron chi connectivity index (χ0n) is 44.5. The molecule has 0 aliphatic carbocycles. The summed E-state index contributed by atoms with van der Waals surface area (Å²) in [5, 5.41) is 43.2. The number of amides is 6. The lowest BCUT2D eigenvalue weighted by Crippen LogP contribution is -2.41. The monoisotopic (exact) mass is 1060 g/mol. The van der Waals surface area contributed by atoms with Gasteiger partial charge in [0, 0.05) is 98.7 Å². The van der Waals surface area contributed by atoms with Crippen LogP contribution in [0.15, 0.2) is 86.2 Å². The van der Waals surface area contributed by atoms with E-state index in [1.807, 2.05) is 50.2 Å². The van der Waals surface area contributed by atoms with E-state index >= 15 is 0 Å². The minimum absolute atomic E-state index is 0.0608. The number of rotatable bonds is 25. The van der Waals surface area contributed by atoms with Crippen molar-refractivity contribution < 1.29 is 33.5 Å². The van der Waals surface area contributed by atoms with Gasteiger partial charge in [-0.3, -0.25) is 24.0 Å². The van der Waals surface area contributed by atoms with Gasteiger partial charge in [-0.05, 0) is 76.8 Å². The Morgan fingerprint density at radius 1 is 0.571 bits per heavy atom. The number of aromatic nitrogens is 8. The molecule has 8 N–H and O–H groups in total.